The molecule has 0 radical (unpaired) electrons. The van der Waals surface area contributed by atoms with Gasteiger partial charge in [0.2, 0.25) is 6.04 Å². The minimum absolute atomic E-state index is 0.238. The number of alkyl halides is 3. The molecule has 0 amide bonds. The highest BCUT2D eigenvalue weighted by molar-refractivity contribution is 5.55. The van der Waals surface area contributed by atoms with E-state index in [4.69, 9.17) is 0 Å². The lowest BCUT2D eigenvalue weighted by atomic mass is 9.89. The summed E-state index contributed by atoms with van der Waals surface area (Å²) in [5.41, 5.74) is 1.30. The Morgan fingerprint density at radius 2 is 1.74 bits per heavy atom. The number of hydrogen-bond donors (Lipinski definition) is 1. The van der Waals surface area contributed by atoms with E-state index in [2.05, 4.69) is 5.32 Å². The van der Waals surface area contributed by atoms with Crippen LogP contribution >= 0.6 is 0 Å². The van der Waals surface area contributed by atoms with Crippen molar-refractivity contribution in [3.8, 4) is 0 Å². The van der Waals surface area contributed by atoms with Crippen LogP contribution in [0, 0.1) is 10.1 Å². The maximum absolute atomic E-state index is 12.6. The van der Waals surface area contributed by atoms with Crippen LogP contribution in [0.1, 0.15) is 22.7 Å². The number of nitro groups is 1. The summed E-state index contributed by atoms with van der Waals surface area (Å²) in [5.74, 6) is 0. The lowest BCUT2D eigenvalue weighted by Gasteiger charge is -2.30. The van der Waals surface area contributed by atoms with E-state index in [1.54, 1.807) is 6.07 Å². The number of halogens is 3. The molecule has 1 aliphatic heterocycles. The summed E-state index contributed by atoms with van der Waals surface area (Å²) < 4.78 is 37.9. The average molecular weight is 322 g/mol. The minimum Gasteiger partial charge on any atom is -0.372 e. The number of para-hydroxylation sites is 1. The van der Waals surface area contributed by atoms with Crippen LogP contribution in [0.2, 0.25) is 0 Å². The summed E-state index contributed by atoms with van der Waals surface area (Å²) in [6, 6.07) is 10.1. The molecule has 0 fully saturated rings. The van der Waals surface area contributed by atoms with E-state index in [9.17, 15) is 23.3 Å². The molecule has 23 heavy (non-hydrogen) atoms. The summed E-state index contributed by atoms with van der Waals surface area (Å²) in [6.45, 7) is 0. The number of rotatable bonds is 2. The van der Waals surface area contributed by atoms with Crippen LogP contribution in [0.4, 0.5) is 18.9 Å². The van der Waals surface area contributed by atoms with Crippen molar-refractivity contribution in [1.82, 2.24) is 0 Å². The topological polar surface area (TPSA) is 55.2 Å². The summed E-state index contributed by atoms with van der Waals surface area (Å²) in [7, 11) is 0. The van der Waals surface area contributed by atoms with Gasteiger partial charge in [0.1, 0.15) is 6.04 Å². The van der Waals surface area contributed by atoms with Crippen molar-refractivity contribution in [3.05, 3.63) is 75.3 Å². The molecule has 1 heterocycles. The number of nitrogens with zero attached hydrogens (tertiary/aromatic N) is 1. The van der Waals surface area contributed by atoms with Crippen molar-refractivity contribution in [1.29, 1.82) is 0 Å². The van der Waals surface area contributed by atoms with Gasteiger partial charge in [0, 0.05) is 17.0 Å². The highest BCUT2D eigenvalue weighted by atomic mass is 19.4. The summed E-state index contributed by atoms with van der Waals surface area (Å²) in [6.07, 6.45) is -4.19. The van der Waals surface area contributed by atoms with Crippen LogP contribution in [0.25, 0.3) is 0 Å². The standard InChI is InChI=1S/C16H13F3N2O2/c17-16(18,19)12-7-5-10(6-8-12)15-14(21(22)23)9-11-3-1-2-4-13(11)20-15/h1-8,14-15,20H,9H2/t14-,15-/m0/s1. The van der Waals surface area contributed by atoms with Crippen LogP contribution in [0.15, 0.2) is 48.5 Å². The highest BCUT2D eigenvalue weighted by Gasteiger charge is 2.38. The molecule has 0 bridgehead atoms. The lowest BCUT2D eigenvalue weighted by molar-refractivity contribution is -0.525. The van der Waals surface area contributed by atoms with Gasteiger partial charge in [0.25, 0.3) is 0 Å². The van der Waals surface area contributed by atoms with Crippen LogP contribution in [-0.2, 0) is 12.6 Å². The zero-order valence-electron chi connectivity index (χ0n) is 11.9. The molecule has 1 N–H and O–H groups in total. The first-order chi connectivity index (χ1) is 10.9. The molecule has 0 unspecified atom stereocenters. The van der Waals surface area contributed by atoms with Crippen molar-refractivity contribution in [3.63, 3.8) is 0 Å². The second-order valence-electron chi connectivity index (χ2n) is 5.46. The second kappa shape index (κ2) is 5.57. The van der Waals surface area contributed by atoms with Gasteiger partial charge < -0.3 is 5.32 Å². The van der Waals surface area contributed by atoms with E-state index < -0.39 is 23.8 Å². The van der Waals surface area contributed by atoms with Crippen LogP contribution in [-0.4, -0.2) is 11.0 Å². The van der Waals surface area contributed by atoms with E-state index in [1.165, 1.54) is 12.1 Å². The third kappa shape index (κ3) is 2.99. The van der Waals surface area contributed by atoms with Gasteiger partial charge in [-0.2, -0.15) is 13.2 Å². The van der Waals surface area contributed by atoms with E-state index in [-0.39, 0.29) is 11.3 Å². The van der Waals surface area contributed by atoms with Crippen LogP contribution in [0.5, 0.6) is 0 Å². The Morgan fingerprint density at radius 1 is 1.09 bits per heavy atom. The first-order valence-corrected chi connectivity index (χ1v) is 7.01. The number of hydrogen-bond acceptors (Lipinski definition) is 3. The van der Waals surface area contributed by atoms with Gasteiger partial charge in [0.15, 0.2) is 0 Å². The molecule has 0 spiro atoms. The van der Waals surface area contributed by atoms with Gasteiger partial charge in [0.05, 0.1) is 5.56 Å². The normalized spacial score (nSPS) is 20.5. The van der Waals surface area contributed by atoms with Crippen molar-refractivity contribution < 1.29 is 18.1 Å². The molecule has 1 aliphatic rings. The zero-order valence-corrected chi connectivity index (χ0v) is 11.9. The molecule has 7 heteroatoms. The maximum Gasteiger partial charge on any atom is 0.416 e. The summed E-state index contributed by atoms with van der Waals surface area (Å²) >= 11 is 0. The number of nitrogens with one attached hydrogen (secondary N) is 1. The molecule has 0 saturated carbocycles. The van der Waals surface area contributed by atoms with Gasteiger partial charge in [-0.1, -0.05) is 30.3 Å². The number of anilines is 1. The third-order valence-corrected chi connectivity index (χ3v) is 4.01. The Balaban J connectivity index is 1.95. The maximum atomic E-state index is 12.6. The van der Waals surface area contributed by atoms with E-state index in [0.717, 1.165) is 23.4 Å². The molecule has 0 aromatic heterocycles. The van der Waals surface area contributed by atoms with Gasteiger partial charge in [-0.25, -0.2) is 0 Å². The molecular weight excluding hydrogens is 309 g/mol. The fourth-order valence-electron chi connectivity index (χ4n) is 2.83. The Morgan fingerprint density at radius 3 is 2.35 bits per heavy atom. The molecule has 4 nitrogen and oxygen atoms in total. The van der Waals surface area contributed by atoms with E-state index in [0.29, 0.717) is 5.56 Å². The predicted octanol–water partition coefficient (Wildman–Crippen LogP) is 4.06. The molecular formula is C16H13F3N2O2. The average Bonchev–Trinajstić information content (AvgIpc) is 2.53. The van der Waals surface area contributed by atoms with Gasteiger partial charge >= 0.3 is 6.18 Å². The fourth-order valence-corrected chi connectivity index (χ4v) is 2.83. The lowest BCUT2D eigenvalue weighted by Crippen LogP contribution is -2.38. The van der Waals surface area contributed by atoms with Crippen molar-refractivity contribution in [2.24, 2.45) is 0 Å². The van der Waals surface area contributed by atoms with Crippen molar-refractivity contribution in [2.45, 2.75) is 24.7 Å². The van der Waals surface area contributed by atoms with Gasteiger partial charge in [-0.3, -0.25) is 10.1 Å². The van der Waals surface area contributed by atoms with Crippen molar-refractivity contribution in [2.75, 3.05) is 5.32 Å². The molecule has 120 valence electrons. The number of benzene rings is 2. The Kier molecular flexibility index (Phi) is 3.71. The Hall–Kier alpha value is -2.57. The quantitative estimate of drug-likeness (QED) is 0.670. The molecule has 2 aromatic rings. The predicted molar refractivity (Wildman–Crippen MR) is 78.7 cm³/mol. The molecule has 0 saturated heterocycles. The Labute approximate surface area is 130 Å². The van der Waals surface area contributed by atoms with Gasteiger partial charge in [-0.15, -0.1) is 0 Å². The first kappa shape index (κ1) is 15.3. The SMILES string of the molecule is O=[N+]([O-])[C@H]1Cc2ccccc2N[C@H]1c1ccc(C(F)(F)F)cc1. The van der Waals surface area contributed by atoms with Crippen LogP contribution in [0.3, 0.4) is 0 Å². The van der Waals surface area contributed by atoms with Crippen molar-refractivity contribution >= 4 is 5.69 Å². The molecule has 2 atom stereocenters. The minimum atomic E-state index is -4.42. The molecule has 3 rings (SSSR count). The summed E-state index contributed by atoms with van der Waals surface area (Å²) in [4.78, 5) is 11.0. The Bertz CT molecular complexity index is 729. The summed E-state index contributed by atoms with van der Waals surface area (Å²) in [5, 5.41) is 14.4. The highest BCUT2D eigenvalue weighted by Crippen LogP contribution is 2.35. The largest absolute Gasteiger partial charge is 0.416 e. The third-order valence-electron chi connectivity index (χ3n) is 4.01. The zero-order chi connectivity index (χ0) is 16.6. The van der Waals surface area contributed by atoms with E-state index in [1.807, 2.05) is 18.2 Å². The molecule has 2 aromatic carbocycles. The monoisotopic (exact) mass is 322 g/mol. The smallest absolute Gasteiger partial charge is 0.372 e. The molecule has 0 aliphatic carbocycles. The fraction of sp³-hybridized carbons (Fsp3) is 0.250. The second-order valence-corrected chi connectivity index (χ2v) is 5.46. The van der Waals surface area contributed by atoms with Gasteiger partial charge in [-0.05, 0) is 29.3 Å². The number of fused-ring (bicyclic) bond motifs is 1. The van der Waals surface area contributed by atoms with Crippen LogP contribution < -0.4 is 5.32 Å². The van der Waals surface area contributed by atoms with E-state index >= 15 is 0 Å². The first-order valence-electron chi connectivity index (χ1n) is 7.01.